The molecule has 2 aromatic carbocycles. The summed E-state index contributed by atoms with van der Waals surface area (Å²) in [5, 5.41) is 13.2. The second-order valence-electron chi connectivity index (χ2n) is 5.01. The molecule has 0 heterocycles. The second-order valence-corrected chi connectivity index (χ2v) is 5.01. The van der Waals surface area contributed by atoms with Crippen LogP contribution < -0.4 is 10.3 Å². The van der Waals surface area contributed by atoms with Gasteiger partial charge in [0.25, 0.3) is 5.91 Å². The number of benzene rings is 2. The van der Waals surface area contributed by atoms with Gasteiger partial charge in [0, 0.05) is 24.3 Å². The normalized spacial score (nSPS) is 10.7. The molecule has 0 fully saturated rings. The quantitative estimate of drug-likeness (QED) is 0.636. The zero-order valence-corrected chi connectivity index (χ0v) is 13.4. The van der Waals surface area contributed by atoms with Crippen LogP contribution in [0.25, 0.3) is 0 Å². The molecule has 2 rings (SSSR count). The summed E-state index contributed by atoms with van der Waals surface area (Å²) in [6.07, 6.45) is 1.60. The third kappa shape index (κ3) is 4.57. The first-order chi connectivity index (χ1) is 11.1. The number of carbonyl (C=O) groups excluding carboxylic acids is 1. The van der Waals surface area contributed by atoms with Crippen molar-refractivity contribution < 1.29 is 9.90 Å². The Labute approximate surface area is 136 Å². The van der Waals surface area contributed by atoms with Crippen molar-refractivity contribution in [2.75, 3.05) is 18.0 Å². The number of hydrazone groups is 1. The fourth-order valence-electron chi connectivity index (χ4n) is 2.20. The summed E-state index contributed by atoms with van der Waals surface area (Å²) in [7, 11) is 0. The van der Waals surface area contributed by atoms with E-state index in [1.807, 2.05) is 24.3 Å². The van der Waals surface area contributed by atoms with Gasteiger partial charge in [-0.2, -0.15) is 5.10 Å². The van der Waals surface area contributed by atoms with Crippen LogP contribution in [0.3, 0.4) is 0 Å². The predicted molar refractivity (Wildman–Crippen MR) is 93.2 cm³/mol. The van der Waals surface area contributed by atoms with Crippen molar-refractivity contribution >= 4 is 17.8 Å². The lowest BCUT2D eigenvalue weighted by atomic mass is 10.2. The number of phenols is 1. The first-order valence-corrected chi connectivity index (χ1v) is 7.61. The number of phenolic OH excluding ortho intramolecular Hbond substituents is 1. The van der Waals surface area contributed by atoms with E-state index >= 15 is 0 Å². The summed E-state index contributed by atoms with van der Waals surface area (Å²) < 4.78 is 0. The monoisotopic (exact) mass is 311 g/mol. The minimum absolute atomic E-state index is 0.123. The molecule has 0 unspecified atom stereocenters. The Hall–Kier alpha value is -2.82. The molecule has 0 aromatic heterocycles. The van der Waals surface area contributed by atoms with Crippen molar-refractivity contribution in [1.82, 2.24) is 5.43 Å². The molecule has 2 aromatic rings. The molecule has 0 bridgehead atoms. The summed E-state index contributed by atoms with van der Waals surface area (Å²) in [5.74, 6) is -0.195. The average Bonchev–Trinajstić information content (AvgIpc) is 2.58. The average molecular weight is 311 g/mol. The van der Waals surface area contributed by atoms with Gasteiger partial charge in [-0.3, -0.25) is 4.79 Å². The van der Waals surface area contributed by atoms with Gasteiger partial charge in [0.1, 0.15) is 5.75 Å². The van der Waals surface area contributed by atoms with Crippen molar-refractivity contribution in [1.29, 1.82) is 0 Å². The van der Waals surface area contributed by atoms with Crippen LogP contribution in [0.15, 0.2) is 53.6 Å². The number of hydrogen-bond acceptors (Lipinski definition) is 4. The summed E-state index contributed by atoms with van der Waals surface area (Å²) in [4.78, 5) is 14.1. The SMILES string of the molecule is CCN(CC)c1ccc(/C=N\NC(=O)c2ccc(O)cc2)cc1. The fourth-order valence-corrected chi connectivity index (χ4v) is 2.20. The molecule has 1 amide bonds. The first kappa shape index (κ1) is 16.5. The molecule has 0 atom stereocenters. The molecule has 0 saturated carbocycles. The van der Waals surface area contributed by atoms with Crippen LogP contribution in [0, 0.1) is 0 Å². The zero-order chi connectivity index (χ0) is 16.7. The number of rotatable bonds is 6. The van der Waals surface area contributed by atoms with Crippen LogP contribution in [-0.2, 0) is 0 Å². The third-order valence-electron chi connectivity index (χ3n) is 3.53. The minimum atomic E-state index is -0.319. The minimum Gasteiger partial charge on any atom is -0.508 e. The van der Waals surface area contributed by atoms with Crippen LogP contribution >= 0.6 is 0 Å². The van der Waals surface area contributed by atoms with Gasteiger partial charge in [-0.25, -0.2) is 5.43 Å². The Morgan fingerprint density at radius 3 is 2.26 bits per heavy atom. The second kappa shape index (κ2) is 7.98. The zero-order valence-electron chi connectivity index (χ0n) is 13.4. The maximum atomic E-state index is 11.9. The first-order valence-electron chi connectivity index (χ1n) is 7.61. The predicted octanol–water partition coefficient (Wildman–Crippen LogP) is 3.00. The van der Waals surface area contributed by atoms with E-state index in [0.29, 0.717) is 5.56 Å². The molecular weight excluding hydrogens is 290 g/mol. The Morgan fingerprint density at radius 1 is 1.09 bits per heavy atom. The van der Waals surface area contributed by atoms with E-state index in [1.165, 1.54) is 17.8 Å². The van der Waals surface area contributed by atoms with Crippen LogP contribution in [0.1, 0.15) is 29.8 Å². The molecule has 0 radical (unpaired) electrons. The lowest BCUT2D eigenvalue weighted by molar-refractivity contribution is 0.0955. The van der Waals surface area contributed by atoms with E-state index in [0.717, 1.165) is 18.7 Å². The summed E-state index contributed by atoms with van der Waals surface area (Å²) >= 11 is 0. The van der Waals surface area contributed by atoms with E-state index < -0.39 is 0 Å². The van der Waals surface area contributed by atoms with Gasteiger partial charge in [0.05, 0.1) is 6.21 Å². The van der Waals surface area contributed by atoms with E-state index in [4.69, 9.17) is 0 Å². The third-order valence-corrected chi connectivity index (χ3v) is 3.53. The van der Waals surface area contributed by atoms with Crippen LogP contribution in [0.2, 0.25) is 0 Å². The van der Waals surface area contributed by atoms with Crippen LogP contribution in [0.4, 0.5) is 5.69 Å². The van der Waals surface area contributed by atoms with E-state index in [2.05, 4.69) is 29.3 Å². The van der Waals surface area contributed by atoms with Crippen molar-refractivity contribution in [3.8, 4) is 5.75 Å². The number of carbonyl (C=O) groups is 1. The molecule has 0 spiro atoms. The highest BCUT2D eigenvalue weighted by Crippen LogP contribution is 2.14. The maximum absolute atomic E-state index is 11.9. The summed E-state index contributed by atoms with van der Waals surface area (Å²) in [6.45, 7) is 6.18. The van der Waals surface area contributed by atoms with Crippen molar-refractivity contribution in [2.45, 2.75) is 13.8 Å². The van der Waals surface area contributed by atoms with Gasteiger partial charge >= 0.3 is 0 Å². The van der Waals surface area contributed by atoms with Gasteiger partial charge in [0.2, 0.25) is 0 Å². The van der Waals surface area contributed by atoms with Gasteiger partial charge in [-0.15, -0.1) is 0 Å². The highest BCUT2D eigenvalue weighted by Gasteiger charge is 2.03. The highest BCUT2D eigenvalue weighted by molar-refractivity contribution is 5.95. The van der Waals surface area contributed by atoms with Crippen LogP contribution in [-0.4, -0.2) is 30.3 Å². The van der Waals surface area contributed by atoms with Crippen molar-refractivity contribution in [3.63, 3.8) is 0 Å². The molecule has 0 aliphatic carbocycles. The number of aromatic hydroxyl groups is 1. The topological polar surface area (TPSA) is 64.9 Å². The van der Waals surface area contributed by atoms with Crippen molar-refractivity contribution in [3.05, 3.63) is 59.7 Å². The molecule has 0 saturated heterocycles. The number of nitrogens with one attached hydrogen (secondary N) is 1. The Bertz CT molecular complexity index is 660. The van der Waals surface area contributed by atoms with Crippen LogP contribution in [0.5, 0.6) is 5.75 Å². The lowest BCUT2D eigenvalue weighted by Gasteiger charge is -2.20. The molecular formula is C18H21N3O2. The molecule has 0 aliphatic rings. The molecule has 5 heteroatoms. The summed E-state index contributed by atoms with van der Waals surface area (Å²) in [5.41, 5.74) is 4.98. The van der Waals surface area contributed by atoms with E-state index in [-0.39, 0.29) is 11.7 Å². The number of amides is 1. The smallest absolute Gasteiger partial charge is 0.271 e. The largest absolute Gasteiger partial charge is 0.508 e. The summed E-state index contributed by atoms with van der Waals surface area (Å²) in [6, 6.07) is 14.0. The number of anilines is 1. The molecule has 5 nitrogen and oxygen atoms in total. The van der Waals surface area contributed by atoms with Gasteiger partial charge in [0.15, 0.2) is 0 Å². The van der Waals surface area contributed by atoms with Crippen molar-refractivity contribution in [2.24, 2.45) is 5.10 Å². The number of hydrogen-bond donors (Lipinski definition) is 2. The molecule has 120 valence electrons. The number of nitrogens with zero attached hydrogens (tertiary/aromatic N) is 2. The Morgan fingerprint density at radius 2 is 1.70 bits per heavy atom. The van der Waals surface area contributed by atoms with E-state index in [1.54, 1.807) is 18.3 Å². The molecule has 23 heavy (non-hydrogen) atoms. The molecule has 0 aliphatic heterocycles. The standard InChI is InChI=1S/C18H21N3O2/c1-3-21(4-2)16-9-5-14(6-10-16)13-19-20-18(23)15-7-11-17(22)12-8-15/h5-13,22H,3-4H2,1-2H3,(H,20,23)/b19-13-. The molecule has 2 N–H and O–H groups in total. The highest BCUT2D eigenvalue weighted by atomic mass is 16.3. The van der Waals surface area contributed by atoms with E-state index in [9.17, 15) is 9.90 Å². The Kier molecular flexibility index (Phi) is 5.74. The lowest BCUT2D eigenvalue weighted by Crippen LogP contribution is -2.21. The van der Waals surface area contributed by atoms with Gasteiger partial charge in [-0.1, -0.05) is 12.1 Å². The van der Waals surface area contributed by atoms with Gasteiger partial charge < -0.3 is 10.0 Å². The Balaban J connectivity index is 1.95. The maximum Gasteiger partial charge on any atom is 0.271 e. The van der Waals surface area contributed by atoms with Gasteiger partial charge in [-0.05, 0) is 55.8 Å². The fraction of sp³-hybridized carbons (Fsp3) is 0.222.